The van der Waals surface area contributed by atoms with E-state index in [9.17, 15) is 5.11 Å². The van der Waals surface area contributed by atoms with Crippen LogP contribution in [-0.2, 0) is 0 Å². The van der Waals surface area contributed by atoms with Gasteiger partial charge in [-0.3, -0.25) is 5.32 Å². The monoisotopic (exact) mass is 436 g/mol. The molecule has 1 aliphatic rings. The van der Waals surface area contributed by atoms with Crippen molar-refractivity contribution in [3.05, 3.63) is 94.5 Å². The Bertz CT molecular complexity index is 1080. The average molecular weight is 437 g/mol. The molecule has 160 valence electrons. The molecule has 0 aromatic heterocycles. The van der Waals surface area contributed by atoms with Gasteiger partial charge in [-0.05, 0) is 67.1 Å². The first-order valence-electron chi connectivity index (χ1n) is 10.2. The van der Waals surface area contributed by atoms with Crippen molar-refractivity contribution < 1.29 is 14.6 Å². The lowest BCUT2D eigenvalue weighted by Gasteiger charge is -2.34. The molecule has 31 heavy (non-hydrogen) atoms. The number of phenolic OH excluding ortho intramolecular Hbond substituents is 1. The first-order chi connectivity index (χ1) is 15.1. The molecule has 0 fully saturated rings. The number of hydrogen-bond donors (Lipinski definition) is 3. The molecular weight excluding hydrogens is 412 g/mol. The van der Waals surface area contributed by atoms with Gasteiger partial charge in [-0.25, -0.2) is 0 Å². The zero-order chi connectivity index (χ0) is 21.8. The molecule has 1 aliphatic heterocycles. The van der Waals surface area contributed by atoms with Crippen molar-refractivity contribution in [2.45, 2.75) is 19.1 Å². The lowest BCUT2D eigenvalue weighted by molar-refractivity contribution is 0.340. The van der Waals surface area contributed by atoms with Crippen molar-refractivity contribution in [3.63, 3.8) is 0 Å². The standard InChI is InChI=1S/C25H25ClN2O3/c1-3-31-18-11-8-16(9-12-18)21-15-22(20-14-17(26)10-13-23(20)29)28-25(27-21)19-6-4-5-7-24(19)30-2/h4-15,22,25,27-29H,3H2,1-2H3. The van der Waals surface area contributed by atoms with Gasteiger partial charge < -0.3 is 19.9 Å². The third-order valence-corrected chi connectivity index (χ3v) is 5.47. The number of benzene rings is 3. The van der Waals surface area contributed by atoms with E-state index in [0.717, 1.165) is 28.3 Å². The van der Waals surface area contributed by atoms with Crippen molar-refractivity contribution >= 4 is 17.3 Å². The maximum atomic E-state index is 10.5. The molecule has 2 atom stereocenters. The summed E-state index contributed by atoms with van der Waals surface area (Å²) in [6.07, 6.45) is 1.80. The summed E-state index contributed by atoms with van der Waals surface area (Å²) in [5.41, 5.74) is 3.61. The molecule has 5 nitrogen and oxygen atoms in total. The maximum absolute atomic E-state index is 10.5. The lowest BCUT2D eigenvalue weighted by Crippen LogP contribution is -2.39. The molecule has 0 saturated heterocycles. The Balaban J connectivity index is 1.76. The molecule has 0 amide bonds. The van der Waals surface area contributed by atoms with Crippen LogP contribution in [0.5, 0.6) is 17.2 Å². The van der Waals surface area contributed by atoms with Crippen molar-refractivity contribution in [2.24, 2.45) is 0 Å². The fourth-order valence-electron chi connectivity index (χ4n) is 3.74. The Hall–Kier alpha value is -3.15. The van der Waals surface area contributed by atoms with Crippen molar-refractivity contribution in [1.29, 1.82) is 0 Å². The second-order valence-corrected chi connectivity index (χ2v) is 7.64. The molecule has 0 radical (unpaired) electrons. The summed E-state index contributed by atoms with van der Waals surface area (Å²) in [6.45, 7) is 2.58. The fraction of sp³-hybridized carbons (Fsp3) is 0.200. The van der Waals surface area contributed by atoms with Crippen LogP contribution in [0.25, 0.3) is 5.70 Å². The minimum atomic E-state index is -0.267. The first kappa shape index (κ1) is 21.1. The maximum Gasteiger partial charge on any atom is 0.125 e. The Morgan fingerprint density at radius 1 is 1.00 bits per heavy atom. The quantitative estimate of drug-likeness (QED) is 0.481. The van der Waals surface area contributed by atoms with Crippen molar-refractivity contribution in [2.75, 3.05) is 13.7 Å². The zero-order valence-corrected chi connectivity index (χ0v) is 18.2. The first-order valence-corrected chi connectivity index (χ1v) is 10.6. The number of para-hydroxylation sites is 1. The smallest absolute Gasteiger partial charge is 0.125 e. The van der Waals surface area contributed by atoms with Gasteiger partial charge in [0.25, 0.3) is 0 Å². The largest absolute Gasteiger partial charge is 0.508 e. The summed E-state index contributed by atoms with van der Waals surface area (Å²) < 4.78 is 11.2. The zero-order valence-electron chi connectivity index (χ0n) is 17.4. The topological polar surface area (TPSA) is 62.8 Å². The normalized spacial score (nSPS) is 18.1. The van der Waals surface area contributed by atoms with Crippen LogP contribution in [-0.4, -0.2) is 18.8 Å². The second-order valence-electron chi connectivity index (χ2n) is 7.20. The van der Waals surface area contributed by atoms with Gasteiger partial charge in [-0.2, -0.15) is 0 Å². The van der Waals surface area contributed by atoms with Gasteiger partial charge in [0.1, 0.15) is 23.4 Å². The fourth-order valence-corrected chi connectivity index (χ4v) is 3.92. The van der Waals surface area contributed by atoms with E-state index < -0.39 is 0 Å². The van der Waals surface area contributed by atoms with Crippen LogP contribution in [0.15, 0.2) is 72.8 Å². The third kappa shape index (κ3) is 4.63. The van der Waals surface area contributed by atoms with E-state index in [1.165, 1.54) is 0 Å². The molecule has 0 bridgehead atoms. The van der Waals surface area contributed by atoms with Crippen molar-refractivity contribution in [1.82, 2.24) is 10.6 Å². The summed E-state index contributed by atoms with van der Waals surface area (Å²) in [7, 11) is 1.66. The number of rotatable bonds is 6. The predicted molar refractivity (Wildman–Crippen MR) is 123 cm³/mol. The SMILES string of the molecule is CCOc1ccc(C2=CC(c3cc(Cl)ccc3O)NC(c3ccccc3OC)N2)cc1. The van der Waals surface area contributed by atoms with E-state index in [1.807, 2.05) is 61.5 Å². The van der Waals surface area contributed by atoms with E-state index in [4.69, 9.17) is 21.1 Å². The van der Waals surface area contributed by atoms with Crippen LogP contribution in [0.4, 0.5) is 0 Å². The molecule has 3 N–H and O–H groups in total. The Kier molecular flexibility index (Phi) is 6.35. The highest BCUT2D eigenvalue weighted by Crippen LogP contribution is 2.36. The van der Waals surface area contributed by atoms with Gasteiger partial charge >= 0.3 is 0 Å². The van der Waals surface area contributed by atoms with Crippen molar-refractivity contribution in [3.8, 4) is 17.2 Å². The molecular formula is C25H25ClN2O3. The number of nitrogens with one attached hydrogen (secondary N) is 2. The van der Waals surface area contributed by atoms with Crippen LogP contribution in [0.1, 0.15) is 35.8 Å². The van der Waals surface area contributed by atoms with E-state index in [0.29, 0.717) is 17.2 Å². The number of aromatic hydroxyl groups is 1. The summed E-state index contributed by atoms with van der Waals surface area (Å²) in [5, 5.41) is 18.2. The van der Waals surface area contributed by atoms with Gasteiger partial charge in [-0.15, -0.1) is 0 Å². The highest BCUT2D eigenvalue weighted by Gasteiger charge is 2.27. The van der Waals surface area contributed by atoms with E-state index in [-0.39, 0.29) is 18.0 Å². The summed E-state index contributed by atoms with van der Waals surface area (Å²) in [6, 6.07) is 20.6. The van der Waals surface area contributed by atoms with Crippen LogP contribution >= 0.6 is 11.6 Å². The molecule has 1 heterocycles. The minimum absolute atomic E-state index is 0.185. The Morgan fingerprint density at radius 3 is 2.52 bits per heavy atom. The number of phenols is 1. The molecule has 6 heteroatoms. The minimum Gasteiger partial charge on any atom is -0.508 e. The van der Waals surface area contributed by atoms with Gasteiger partial charge in [0.05, 0.1) is 19.8 Å². The highest BCUT2D eigenvalue weighted by molar-refractivity contribution is 6.30. The average Bonchev–Trinajstić information content (AvgIpc) is 2.81. The molecule has 0 spiro atoms. The van der Waals surface area contributed by atoms with Gasteiger partial charge in [0, 0.05) is 21.8 Å². The number of hydrogen-bond acceptors (Lipinski definition) is 5. The Labute approximate surface area is 187 Å². The number of methoxy groups -OCH3 is 1. The van der Waals surface area contributed by atoms with E-state index >= 15 is 0 Å². The molecule has 3 aromatic carbocycles. The molecule has 0 aliphatic carbocycles. The van der Waals surface area contributed by atoms with Gasteiger partial charge in [0.2, 0.25) is 0 Å². The summed E-state index contributed by atoms with van der Waals surface area (Å²) in [4.78, 5) is 0. The molecule has 3 aromatic rings. The van der Waals surface area contributed by atoms with Crippen LogP contribution < -0.4 is 20.1 Å². The Morgan fingerprint density at radius 2 is 1.77 bits per heavy atom. The molecule has 0 saturated carbocycles. The van der Waals surface area contributed by atoms with E-state index in [2.05, 4.69) is 10.6 Å². The summed E-state index contributed by atoms with van der Waals surface area (Å²) >= 11 is 6.23. The van der Waals surface area contributed by atoms with Gasteiger partial charge in [-0.1, -0.05) is 29.8 Å². The van der Waals surface area contributed by atoms with Crippen LogP contribution in [0, 0.1) is 0 Å². The molecule has 4 rings (SSSR count). The number of ether oxygens (including phenoxy) is 2. The summed E-state index contributed by atoms with van der Waals surface area (Å²) in [5.74, 6) is 1.78. The van der Waals surface area contributed by atoms with Gasteiger partial charge in [0.15, 0.2) is 0 Å². The highest BCUT2D eigenvalue weighted by atomic mass is 35.5. The second kappa shape index (κ2) is 9.33. The van der Waals surface area contributed by atoms with E-state index in [1.54, 1.807) is 25.3 Å². The lowest BCUT2D eigenvalue weighted by atomic mass is 9.97. The van der Waals surface area contributed by atoms with Crippen LogP contribution in [0.2, 0.25) is 5.02 Å². The third-order valence-electron chi connectivity index (χ3n) is 5.23. The van der Waals surface area contributed by atoms with Crippen LogP contribution in [0.3, 0.4) is 0 Å². The molecule has 2 unspecified atom stereocenters. The number of halogens is 1. The predicted octanol–water partition coefficient (Wildman–Crippen LogP) is 5.43.